The molecular weight excluding hydrogens is 292 g/mol. The van der Waals surface area contributed by atoms with Crippen LogP contribution in [0.25, 0.3) is 0 Å². The SMILES string of the molecule is Cl.NC(=O)c1cc(NC(=O)C2CC3CCCCC3N2)c[nH]1. The number of anilines is 1. The van der Waals surface area contributed by atoms with Gasteiger partial charge in [-0.15, -0.1) is 12.4 Å². The number of aromatic nitrogens is 1. The summed E-state index contributed by atoms with van der Waals surface area (Å²) in [5, 5.41) is 6.26. The lowest BCUT2D eigenvalue weighted by Gasteiger charge is -2.24. The molecule has 0 spiro atoms. The van der Waals surface area contributed by atoms with E-state index in [2.05, 4.69) is 15.6 Å². The van der Waals surface area contributed by atoms with Crippen LogP contribution in [-0.2, 0) is 4.79 Å². The molecule has 1 aliphatic carbocycles. The average Bonchev–Trinajstić information content (AvgIpc) is 3.04. The molecule has 0 aromatic carbocycles. The van der Waals surface area contributed by atoms with E-state index in [1.807, 2.05) is 0 Å². The highest BCUT2D eigenvalue weighted by Gasteiger charge is 2.38. The van der Waals surface area contributed by atoms with Gasteiger partial charge in [-0.1, -0.05) is 12.8 Å². The highest BCUT2D eigenvalue weighted by molar-refractivity contribution is 5.97. The van der Waals surface area contributed by atoms with E-state index in [1.165, 1.54) is 25.7 Å². The van der Waals surface area contributed by atoms with Crippen molar-refractivity contribution in [3.63, 3.8) is 0 Å². The van der Waals surface area contributed by atoms with Crippen molar-refractivity contribution < 1.29 is 9.59 Å². The van der Waals surface area contributed by atoms with Crippen molar-refractivity contribution >= 4 is 29.9 Å². The Labute approximate surface area is 129 Å². The Balaban J connectivity index is 0.00000161. The summed E-state index contributed by atoms with van der Waals surface area (Å²) >= 11 is 0. The lowest BCUT2D eigenvalue weighted by molar-refractivity contribution is -0.117. The smallest absolute Gasteiger partial charge is 0.265 e. The van der Waals surface area contributed by atoms with E-state index in [0.29, 0.717) is 23.3 Å². The van der Waals surface area contributed by atoms with Crippen molar-refractivity contribution in [1.29, 1.82) is 0 Å². The molecule has 3 unspecified atom stereocenters. The van der Waals surface area contributed by atoms with Crippen LogP contribution in [0.5, 0.6) is 0 Å². The van der Waals surface area contributed by atoms with Gasteiger partial charge in [0.1, 0.15) is 5.69 Å². The van der Waals surface area contributed by atoms with Crippen LogP contribution in [0.2, 0.25) is 0 Å². The van der Waals surface area contributed by atoms with E-state index in [4.69, 9.17) is 5.73 Å². The van der Waals surface area contributed by atoms with Crippen LogP contribution >= 0.6 is 12.4 Å². The summed E-state index contributed by atoms with van der Waals surface area (Å²) in [6.45, 7) is 0. The van der Waals surface area contributed by atoms with E-state index >= 15 is 0 Å². The van der Waals surface area contributed by atoms with Crippen molar-refractivity contribution in [3.8, 4) is 0 Å². The second kappa shape index (κ2) is 6.49. The molecule has 2 aliphatic rings. The molecule has 2 amide bonds. The first-order valence-electron chi connectivity index (χ1n) is 7.18. The second-order valence-electron chi connectivity index (χ2n) is 5.76. The standard InChI is InChI=1S/C14H20N4O2.ClH/c15-13(19)11-6-9(7-16-11)17-14(20)12-5-8-3-1-2-4-10(8)18-12;/h6-8,10,12,16,18H,1-5H2,(H2,15,19)(H,17,20);1H. The fourth-order valence-electron chi connectivity index (χ4n) is 3.36. The Morgan fingerprint density at radius 1 is 1.29 bits per heavy atom. The van der Waals surface area contributed by atoms with Crippen LogP contribution in [0.15, 0.2) is 12.3 Å². The molecule has 2 heterocycles. The number of hydrogen-bond donors (Lipinski definition) is 4. The van der Waals surface area contributed by atoms with Crippen molar-refractivity contribution in [3.05, 3.63) is 18.0 Å². The first-order valence-corrected chi connectivity index (χ1v) is 7.18. The molecule has 3 atom stereocenters. The molecule has 1 aromatic rings. The van der Waals surface area contributed by atoms with Gasteiger partial charge in [-0.05, 0) is 31.2 Å². The van der Waals surface area contributed by atoms with E-state index < -0.39 is 5.91 Å². The molecular formula is C14H21ClN4O2. The maximum absolute atomic E-state index is 12.2. The van der Waals surface area contributed by atoms with Gasteiger partial charge in [-0.3, -0.25) is 9.59 Å². The summed E-state index contributed by atoms with van der Waals surface area (Å²) < 4.78 is 0. The molecule has 1 saturated carbocycles. The van der Waals surface area contributed by atoms with Gasteiger partial charge in [0.05, 0.1) is 11.7 Å². The number of rotatable bonds is 3. The molecule has 5 N–H and O–H groups in total. The highest BCUT2D eigenvalue weighted by Crippen LogP contribution is 2.33. The van der Waals surface area contributed by atoms with Crippen LogP contribution in [-0.4, -0.2) is 28.9 Å². The molecule has 1 aromatic heterocycles. The largest absolute Gasteiger partial charge is 0.364 e. The normalized spacial score (nSPS) is 27.5. The Bertz CT molecular complexity index is 517. The zero-order chi connectivity index (χ0) is 14.1. The Hall–Kier alpha value is -1.53. The van der Waals surface area contributed by atoms with Crippen molar-refractivity contribution in [2.24, 2.45) is 11.7 Å². The lowest BCUT2D eigenvalue weighted by Crippen LogP contribution is -2.39. The van der Waals surface area contributed by atoms with E-state index in [1.54, 1.807) is 12.3 Å². The molecule has 6 nitrogen and oxygen atoms in total. The topological polar surface area (TPSA) is 100 Å². The van der Waals surface area contributed by atoms with Gasteiger partial charge in [0.25, 0.3) is 5.91 Å². The third-order valence-corrected chi connectivity index (χ3v) is 4.40. The predicted octanol–water partition coefficient (Wildman–Crippen LogP) is 1.39. The van der Waals surface area contributed by atoms with Crippen molar-refractivity contribution in [1.82, 2.24) is 10.3 Å². The number of amides is 2. The fraction of sp³-hybridized carbons (Fsp3) is 0.571. The van der Waals surface area contributed by atoms with Gasteiger partial charge in [-0.2, -0.15) is 0 Å². The van der Waals surface area contributed by atoms with E-state index in [9.17, 15) is 9.59 Å². The predicted molar refractivity (Wildman–Crippen MR) is 82.5 cm³/mol. The Morgan fingerprint density at radius 2 is 2.05 bits per heavy atom. The summed E-state index contributed by atoms with van der Waals surface area (Å²) in [6.07, 6.45) is 7.41. The van der Waals surface area contributed by atoms with Crippen LogP contribution in [0.3, 0.4) is 0 Å². The molecule has 2 fully saturated rings. The number of primary amides is 1. The summed E-state index contributed by atoms with van der Waals surface area (Å²) in [5.41, 5.74) is 6.05. The quantitative estimate of drug-likeness (QED) is 0.678. The number of halogens is 1. The number of nitrogens with two attached hydrogens (primary N) is 1. The molecule has 0 radical (unpaired) electrons. The van der Waals surface area contributed by atoms with Crippen LogP contribution in [0.1, 0.15) is 42.6 Å². The van der Waals surface area contributed by atoms with Crippen molar-refractivity contribution in [2.75, 3.05) is 5.32 Å². The zero-order valence-corrected chi connectivity index (χ0v) is 12.5. The van der Waals surface area contributed by atoms with Crippen LogP contribution < -0.4 is 16.4 Å². The number of hydrogen-bond acceptors (Lipinski definition) is 3. The minimum Gasteiger partial charge on any atom is -0.364 e. The van der Waals surface area contributed by atoms with E-state index in [0.717, 1.165) is 6.42 Å². The Kier molecular flexibility index (Phi) is 4.90. The molecule has 7 heteroatoms. The lowest BCUT2D eigenvalue weighted by atomic mass is 9.85. The first-order chi connectivity index (χ1) is 9.63. The highest BCUT2D eigenvalue weighted by atomic mass is 35.5. The number of fused-ring (bicyclic) bond motifs is 1. The van der Waals surface area contributed by atoms with Gasteiger partial charge in [0.2, 0.25) is 5.91 Å². The molecule has 0 bridgehead atoms. The average molecular weight is 313 g/mol. The summed E-state index contributed by atoms with van der Waals surface area (Å²) in [6, 6.07) is 1.92. The molecule has 21 heavy (non-hydrogen) atoms. The maximum Gasteiger partial charge on any atom is 0.265 e. The summed E-state index contributed by atoms with van der Waals surface area (Å²) in [5.74, 6) is 0.0665. The molecule has 1 saturated heterocycles. The first kappa shape index (κ1) is 15.9. The fourth-order valence-corrected chi connectivity index (χ4v) is 3.36. The number of H-pyrrole nitrogens is 1. The van der Waals surface area contributed by atoms with Gasteiger partial charge in [0, 0.05) is 12.2 Å². The minimum absolute atomic E-state index is 0. The molecule has 1 aliphatic heterocycles. The number of carbonyl (C=O) groups excluding carboxylic acids is 2. The van der Waals surface area contributed by atoms with Gasteiger partial charge in [-0.25, -0.2) is 0 Å². The van der Waals surface area contributed by atoms with Crippen LogP contribution in [0, 0.1) is 5.92 Å². The maximum atomic E-state index is 12.2. The molecule has 3 rings (SSSR count). The van der Waals surface area contributed by atoms with Gasteiger partial charge < -0.3 is 21.4 Å². The third-order valence-electron chi connectivity index (χ3n) is 4.40. The van der Waals surface area contributed by atoms with Gasteiger partial charge >= 0.3 is 0 Å². The van der Waals surface area contributed by atoms with Crippen LogP contribution in [0.4, 0.5) is 5.69 Å². The monoisotopic (exact) mass is 312 g/mol. The minimum atomic E-state index is -0.532. The number of nitrogens with one attached hydrogen (secondary N) is 3. The third kappa shape index (κ3) is 3.39. The van der Waals surface area contributed by atoms with Crippen molar-refractivity contribution in [2.45, 2.75) is 44.2 Å². The van der Waals surface area contributed by atoms with Gasteiger partial charge in [0.15, 0.2) is 0 Å². The number of carbonyl (C=O) groups is 2. The number of aromatic amines is 1. The molecule has 116 valence electrons. The summed E-state index contributed by atoms with van der Waals surface area (Å²) in [4.78, 5) is 26.0. The zero-order valence-electron chi connectivity index (χ0n) is 11.7. The Morgan fingerprint density at radius 3 is 2.71 bits per heavy atom. The van der Waals surface area contributed by atoms with E-state index in [-0.39, 0.29) is 24.4 Å². The second-order valence-corrected chi connectivity index (χ2v) is 5.76. The summed E-state index contributed by atoms with van der Waals surface area (Å²) in [7, 11) is 0.